The average Bonchev–Trinajstić information content (AvgIpc) is 2.54. The van der Waals surface area contributed by atoms with Crippen molar-refractivity contribution < 1.29 is 18.3 Å². The fourth-order valence-electron chi connectivity index (χ4n) is 2.51. The van der Waals surface area contributed by atoms with Gasteiger partial charge >= 0.3 is 5.97 Å². The smallest absolute Gasteiger partial charge is 0.335 e. The summed E-state index contributed by atoms with van der Waals surface area (Å²) in [6.07, 6.45) is 0. The molecule has 0 aliphatic heterocycles. The third kappa shape index (κ3) is 4.91. The molecule has 0 spiro atoms. The van der Waals surface area contributed by atoms with Gasteiger partial charge in [-0.1, -0.05) is 49.4 Å². The van der Waals surface area contributed by atoms with Gasteiger partial charge in [-0.15, -0.1) is 0 Å². The van der Waals surface area contributed by atoms with Crippen molar-refractivity contribution in [2.24, 2.45) is 0 Å². The van der Waals surface area contributed by atoms with Gasteiger partial charge in [0.05, 0.1) is 11.3 Å². The zero-order valence-electron chi connectivity index (χ0n) is 13.6. The SMILES string of the molecule is CC(CS(=O)(=O)N[C@@H](C)c1ccc(C(=O)O)cc1)c1ccccc1. The van der Waals surface area contributed by atoms with Crippen molar-refractivity contribution in [2.75, 3.05) is 5.75 Å². The van der Waals surface area contributed by atoms with Gasteiger partial charge in [-0.2, -0.15) is 0 Å². The molecule has 2 aromatic carbocycles. The molecule has 0 amide bonds. The molecule has 0 aliphatic carbocycles. The number of hydrogen-bond donors (Lipinski definition) is 2. The maximum atomic E-state index is 12.4. The quantitative estimate of drug-likeness (QED) is 0.806. The number of aromatic carboxylic acids is 1. The number of benzene rings is 2. The van der Waals surface area contributed by atoms with Gasteiger partial charge in [0.1, 0.15) is 0 Å². The van der Waals surface area contributed by atoms with Crippen LogP contribution in [-0.4, -0.2) is 25.2 Å². The first-order chi connectivity index (χ1) is 11.3. The van der Waals surface area contributed by atoms with E-state index in [1.54, 1.807) is 19.1 Å². The molecule has 2 aromatic rings. The fraction of sp³-hybridized carbons (Fsp3) is 0.278. The minimum Gasteiger partial charge on any atom is -0.478 e. The van der Waals surface area contributed by atoms with E-state index in [2.05, 4.69) is 4.72 Å². The molecule has 2 rings (SSSR count). The molecule has 0 saturated heterocycles. The molecule has 5 nitrogen and oxygen atoms in total. The maximum absolute atomic E-state index is 12.4. The summed E-state index contributed by atoms with van der Waals surface area (Å²) < 4.78 is 27.4. The standard InChI is InChI=1S/C18H21NO4S/c1-13(15-6-4-3-5-7-15)12-24(22,23)19-14(2)16-8-10-17(11-9-16)18(20)21/h3-11,13-14,19H,12H2,1-2H3,(H,20,21)/t13?,14-/m0/s1. The Labute approximate surface area is 142 Å². The van der Waals surface area contributed by atoms with Gasteiger partial charge < -0.3 is 5.11 Å². The highest BCUT2D eigenvalue weighted by Crippen LogP contribution is 2.19. The Morgan fingerprint density at radius 1 is 1.00 bits per heavy atom. The van der Waals surface area contributed by atoms with Crippen LogP contribution in [0, 0.1) is 0 Å². The molecule has 0 saturated carbocycles. The fourth-order valence-corrected chi connectivity index (χ4v) is 4.13. The molecule has 6 heteroatoms. The lowest BCUT2D eigenvalue weighted by Crippen LogP contribution is -2.31. The number of hydrogen-bond acceptors (Lipinski definition) is 3. The van der Waals surface area contributed by atoms with Gasteiger partial charge in [0.2, 0.25) is 10.0 Å². The highest BCUT2D eigenvalue weighted by atomic mass is 32.2. The normalized spacial score (nSPS) is 14.1. The van der Waals surface area contributed by atoms with E-state index in [1.165, 1.54) is 12.1 Å². The zero-order valence-corrected chi connectivity index (χ0v) is 14.5. The van der Waals surface area contributed by atoms with Crippen LogP contribution in [0.25, 0.3) is 0 Å². The monoisotopic (exact) mass is 347 g/mol. The number of nitrogens with one attached hydrogen (secondary N) is 1. The summed E-state index contributed by atoms with van der Waals surface area (Å²) in [5.74, 6) is -1.13. The Morgan fingerprint density at radius 2 is 1.58 bits per heavy atom. The first kappa shape index (κ1) is 18.2. The first-order valence-electron chi connectivity index (χ1n) is 7.66. The van der Waals surface area contributed by atoms with Crippen LogP contribution in [0.3, 0.4) is 0 Å². The average molecular weight is 347 g/mol. The predicted octanol–water partition coefficient (Wildman–Crippen LogP) is 3.17. The molecule has 0 heterocycles. The largest absolute Gasteiger partial charge is 0.478 e. The molecule has 1 unspecified atom stereocenters. The van der Waals surface area contributed by atoms with Crippen molar-refractivity contribution >= 4 is 16.0 Å². The summed E-state index contributed by atoms with van der Waals surface area (Å²) in [6.45, 7) is 3.61. The van der Waals surface area contributed by atoms with Crippen LogP contribution < -0.4 is 4.72 Å². The van der Waals surface area contributed by atoms with Gasteiger partial charge in [0, 0.05) is 6.04 Å². The van der Waals surface area contributed by atoms with E-state index >= 15 is 0 Å². The molecule has 0 radical (unpaired) electrons. The Kier molecular flexibility index (Phi) is 5.75. The molecule has 128 valence electrons. The third-order valence-corrected chi connectivity index (χ3v) is 5.50. The second kappa shape index (κ2) is 7.59. The van der Waals surface area contributed by atoms with E-state index in [9.17, 15) is 13.2 Å². The Morgan fingerprint density at radius 3 is 2.12 bits per heavy atom. The minimum absolute atomic E-state index is 0.00539. The summed E-state index contributed by atoms with van der Waals surface area (Å²) in [7, 11) is -3.47. The molecular weight excluding hydrogens is 326 g/mol. The summed E-state index contributed by atoms with van der Waals surface area (Å²) in [5.41, 5.74) is 1.86. The molecule has 0 aromatic heterocycles. The van der Waals surface area contributed by atoms with Crippen molar-refractivity contribution in [3.8, 4) is 0 Å². The topological polar surface area (TPSA) is 83.5 Å². The number of sulfonamides is 1. The third-order valence-electron chi connectivity index (χ3n) is 3.85. The lowest BCUT2D eigenvalue weighted by Gasteiger charge is -2.17. The van der Waals surface area contributed by atoms with E-state index in [-0.39, 0.29) is 17.2 Å². The molecule has 2 N–H and O–H groups in total. The second-order valence-electron chi connectivity index (χ2n) is 5.86. The van der Waals surface area contributed by atoms with Crippen LogP contribution >= 0.6 is 0 Å². The summed E-state index contributed by atoms with van der Waals surface area (Å²) in [4.78, 5) is 10.9. The van der Waals surface area contributed by atoms with Crippen molar-refractivity contribution in [1.29, 1.82) is 0 Å². The summed E-state index contributed by atoms with van der Waals surface area (Å²) >= 11 is 0. The van der Waals surface area contributed by atoms with Gasteiger partial charge in [-0.3, -0.25) is 0 Å². The lowest BCUT2D eigenvalue weighted by atomic mass is 10.0. The summed E-state index contributed by atoms with van der Waals surface area (Å²) in [5, 5.41) is 8.90. The molecule has 0 aliphatic rings. The van der Waals surface area contributed by atoms with Gasteiger partial charge in [0.25, 0.3) is 0 Å². The van der Waals surface area contributed by atoms with Crippen LogP contribution in [0.4, 0.5) is 0 Å². The molecule has 0 bridgehead atoms. The molecule has 2 atom stereocenters. The Bertz CT molecular complexity index is 786. The van der Waals surface area contributed by atoms with Crippen molar-refractivity contribution in [1.82, 2.24) is 4.72 Å². The number of carboxylic acids is 1. The highest BCUT2D eigenvalue weighted by Gasteiger charge is 2.20. The summed E-state index contributed by atoms with van der Waals surface area (Å²) in [6, 6.07) is 15.2. The van der Waals surface area contributed by atoms with Crippen molar-refractivity contribution in [3.05, 3.63) is 71.3 Å². The zero-order chi connectivity index (χ0) is 17.7. The van der Waals surface area contributed by atoms with Crippen LogP contribution in [0.2, 0.25) is 0 Å². The number of rotatable bonds is 7. The van der Waals surface area contributed by atoms with E-state index < -0.39 is 22.0 Å². The van der Waals surface area contributed by atoms with Gasteiger partial charge in [-0.25, -0.2) is 17.9 Å². The lowest BCUT2D eigenvalue weighted by molar-refractivity contribution is 0.0697. The van der Waals surface area contributed by atoms with Crippen molar-refractivity contribution in [3.63, 3.8) is 0 Å². The van der Waals surface area contributed by atoms with E-state index in [0.29, 0.717) is 0 Å². The predicted molar refractivity (Wildman–Crippen MR) is 93.6 cm³/mol. The van der Waals surface area contributed by atoms with Crippen LogP contribution in [0.5, 0.6) is 0 Å². The van der Waals surface area contributed by atoms with Gasteiger partial charge in [-0.05, 0) is 36.1 Å². The first-order valence-corrected chi connectivity index (χ1v) is 9.32. The van der Waals surface area contributed by atoms with E-state index in [1.807, 2.05) is 37.3 Å². The number of carboxylic acid groups (broad SMARTS) is 1. The van der Waals surface area contributed by atoms with E-state index in [4.69, 9.17) is 5.11 Å². The molecule has 0 fully saturated rings. The van der Waals surface area contributed by atoms with Crippen LogP contribution in [0.15, 0.2) is 54.6 Å². The van der Waals surface area contributed by atoms with Crippen molar-refractivity contribution in [2.45, 2.75) is 25.8 Å². The molecule has 24 heavy (non-hydrogen) atoms. The minimum atomic E-state index is -3.47. The Balaban J connectivity index is 2.04. The van der Waals surface area contributed by atoms with Crippen LogP contribution in [0.1, 0.15) is 47.3 Å². The number of carbonyl (C=O) groups is 1. The van der Waals surface area contributed by atoms with E-state index in [0.717, 1.165) is 11.1 Å². The Hall–Kier alpha value is -2.18. The highest BCUT2D eigenvalue weighted by molar-refractivity contribution is 7.89. The second-order valence-corrected chi connectivity index (χ2v) is 7.66. The van der Waals surface area contributed by atoms with Crippen LogP contribution in [-0.2, 0) is 10.0 Å². The molecular formula is C18H21NO4S. The maximum Gasteiger partial charge on any atom is 0.335 e. The van der Waals surface area contributed by atoms with Gasteiger partial charge in [0.15, 0.2) is 0 Å².